The number of aliphatic hydroxyl groups is 2. The van der Waals surface area contributed by atoms with E-state index < -0.39 is 67.3 Å². The van der Waals surface area contributed by atoms with Gasteiger partial charge in [-0.3, -0.25) is 14.4 Å². The van der Waals surface area contributed by atoms with Crippen molar-refractivity contribution in [1.29, 1.82) is 0 Å². The first-order chi connectivity index (χ1) is 36.6. The number of esters is 3. The van der Waals surface area contributed by atoms with Gasteiger partial charge in [-0.25, -0.2) is 4.79 Å². The standard InChI is InChI=1S/C63H114O12/c1-4-7-10-13-16-19-22-24-26-27-28-29-31-33-36-39-42-45-48-51-57(66)74-61-59(68)58(67)60(62(69)70)75-63(61)72-53-54(73-56(65)50-47-44-41-38-34-21-18-15-12-9-6-3)52-71-55(64)49-46-43-40-37-35-32-30-25-23-20-17-14-11-8-5-2/h15,18,25,30,54,58-61,63,67-68H,4-14,16-17,19-24,26-29,31-53H2,1-3H3,(H,69,70)/b18-15-,30-25-. The molecule has 0 saturated carbocycles. The summed E-state index contributed by atoms with van der Waals surface area (Å²) in [6, 6.07) is 0. The van der Waals surface area contributed by atoms with Crippen molar-refractivity contribution in [2.45, 2.75) is 340 Å². The second-order valence-corrected chi connectivity index (χ2v) is 21.7. The number of aliphatic hydroxyl groups excluding tert-OH is 2. The summed E-state index contributed by atoms with van der Waals surface area (Å²) in [5.41, 5.74) is 0. The van der Waals surface area contributed by atoms with Crippen molar-refractivity contribution in [1.82, 2.24) is 0 Å². The monoisotopic (exact) mass is 1060 g/mol. The van der Waals surface area contributed by atoms with Crippen molar-refractivity contribution in [3.05, 3.63) is 24.3 Å². The van der Waals surface area contributed by atoms with E-state index in [1.165, 1.54) is 148 Å². The normalized spacial score (nSPS) is 18.2. The first-order valence-corrected chi connectivity index (χ1v) is 31.3. The van der Waals surface area contributed by atoms with E-state index in [2.05, 4.69) is 45.1 Å². The average Bonchev–Trinajstić information content (AvgIpc) is 3.39. The lowest BCUT2D eigenvalue weighted by molar-refractivity contribution is -0.301. The van der Waals surface area contributed by atoms with Crippen molar-refractivity contribution >= 4 is 23.9 Å². The van der Waals surface area contributed by atoms with E-state index >= 15 is 0 Å². The molecule has 0 spiro atoms. The van der Waals surface area contributed by atoms with Gasteiger partial charge in [0.1, 0.15) is 18.8 Å². The number of hydrogen-bond acceptors (Lipinski definition) is 11. The van der Waals surface area contributed by atoms with Crippen LogP contribution in [-0.4, -0.2) is 89.2 Å². The van der Waals surface area contributed by atoms with Crippen molar-refractivity contribution in [2.75, 3.05) is 13.2 Å². The van der Waals surface area contributed by atoms with Gasteiger partial charge in [-0.2, -0.15) is 0 Å². The van der Waals surface area contributed by atoms with Gasteiger partial charge in [0.25, 0.3) is 0 Å². The minimum atomic E-state index is -1.90. The van der Waals surface area contributed by atoms with E-state index in [1.807, 2.05) is 0 Å². The first-order valence-electron chi connectivity index (χ1n) is 31.3. The van der Waals surface area contributed by atoms with Crippen LogP contribution in [0.4, 0.5) is 0 Å². The summed E-state index contributed by atoms with van der Waals surface area (Å²) in [5, 5.41) is 31.5. The fourth-order valence-electron chi connectivity index (χ4n) is 9.64. The Hall–Kier alpha value is -2.80. The van der Waals surface area contributed by atoms with Gasteiger partial charge < -0.3 is 39.0 Å². The molecular weight excluding hydrogens is 949 g/mol. The summed E-state index contributed by atoms with van der Waals surface area (Å²) >= 11 is 0. The van der Waals surface area contributed by atoms with Gasteiger partial charge in [-0.1, -0.05) is 244 Å². The summed E-state index contributed by atoms with van der Waals surface area (Å²) < 4.78 is 28.5. The minimum Gasteiger partial charge on any atom is -0.479 e. The van der Waals surface area contributed by atoms with Crippen LogP contribution in [0, 0.1) is 0 Å². The molecule has 0 aliphatic carbocycles. The van der Waals surface area contributed by atoms with Crippen molar-refractivity contribution in [3.63, 3.8) is 0 Å². The fourth-order valence-corrected chi connectivity index (χ4v) is 9.64. The molecule has 1 rings (SSSR count). The lowest BCUT2D eigenvalue weighted by Gasteiger charge is -2.40. The van der Waals surface area contributed by atoms with Crippen LogP contribution in [0.1, 0.15) is 303 Å². The number of carboxylic acids is 1. The number of rotatable bonds is 54. The maximum atomic E-state index is 13.1. The molecular formula is C63H114O12. The van der Waals surface area contributed by atoms with E-state index in [9.17, 15) is 34.5 Å². The highest BCUT2D eigenvalue weighted by atomic mass is 16.7. The summed E-state index contributed by atoms with van der Waals surface area (Å²) in [6.45, 7) is 5.97. The maximum absolute atomic E-state index is 13.1. The summed E-state index contributed by atoms with van der Waals surface area (Å²) in [7, 11) is 0. The number of carboxylic acid groups (broad SMARTS) is 1. The molecule has 3 N–H and O–H groups in total. The molecule has 12 nitrogen and oxygen atoms in total. The molecule has 6 atom stereocenters. The number of ether oxygens (including phenoxy) is 5. The summed E-state index contributed by atoms with van der Waals surface area (Å²) in [6.07, 6.45) is 47.2. The van der Waals surface area contributed by atoms with Crippen LogP contribution in [0.25, 0.3) is 0 Å². The van der Waals surface area contributed by atoms with Crippen LogP contribution < -0.4 is 0 Å². The van der Waals surface area contributed by atoms with Crippen LogP contribution in [0.5, 0.6) is 0 Å². The molecule has 12 heteroatoms. The second-order valence-electron chi connectivity index (χ2n) is 21.7. The third-order valence-corrected chi connectivity index (χ3v) is 14.5. The zero-order valence-corrected chi connectivity index (χ0v) is 48.3. The largest absolute Gasteiger partial charge is 0.479 e. The lowest BCUT2D eigenvalue weighted by atomic mass is 9.98. The number of aliphatic carboxylic acids is 1. The Balaban J connectivity index is 2.62. The number of carbonyl (C=O) groups is 4. The summed E-state index contributed by atoms with van der Waals surface area (Å²) in [4.78, 5) is 51.1. The maximum Gasteiger partial charge on any atom is 0.335 e. The predicted molar refractivity (Wildman–Crippen MR) is 303 cm³/mol. The third-order valence-electron chi connectivity index (χ3n) is 14.5. The predicted octanol–water partition coefficient (Wildman–Crippen LogP) is 16.2. The van der Waals surface area contributed by atoms with E-state index in [-0.39, 0.29) is 25.9 Å². The number of hydrogen-bond donors (Lipinski definition) is 3. The number of allylic oxidation sites excluding steroid dienone is 4. The smallest absolute Gasteiger partial charge is 0.335 e. The summed E-state index contributed by atoms with van der Waals surface area (Å²) in [5.74, 6) is -3.11. The van der Waals surface area contributed by atoms with Gasteiger partial charge in [-0.15, -0.1) is 0 Å². The zero-order chi connectivity index (χ0) is 54.7. The minimum absolute atomic E-state index is 0.0657. The molecule has 1 fully saturated rings. The lowest BCUT2D eigenvalue weighted by Crippen LogP contribution is -2.61. The molecule has 0 amide bonds. The highest BCUT2D eigenvalue weighted by molar-refractivity contribution is 5.74. The third kappa shape index (κ3) is 41.9. The molecule has 0 aromatic carbocycles. The van der Waals surface area contributed by atoms with Gasteiger partial charge in [0, 0.05) is 19.3 Å². The molecule has 0 aromatic rings. The molecule has 0 aromatic heterocycles. The number of carbonyl (C=O) groups excluding carboxylic acids is 3. The van der Waals surface area contributed by atoms with Gasteiger partial charge in [0.05, 0.1) is 6.61 Å². The molecule has 438 valence electrons. The van der Waals surface area contributed by atoms with Crippen molar-refractivity contribution < 1.29 is 58.2 Å². The fraction of sp³-hybridized carbons (Fsp3) is 0.873. The highest BCUT2D eigenvalue weighted by Gasteiger charge is 2.50. The quantitative estimate of drug-likeness (QED) is 0.0228. The molecule has 75 heavy (non-hydrogen) atoms. The topological polar surface area (TPSA) is 175 Å². The van der Waals surface area contributed by atoms with Crippen LogP contribution in [-0.2, 0) is 42.9 Å². The average molecular weight is 1060 g/mol. The Morgan fingerprint density at radius 2 is 0.773 bits per heavy atom. The van der Waals surface area contributed by atoms with Crippen molar-refractivity contribution in [2.24, 2.45) is 0 Å². The van der Waals surface area contributed by atoms with Gasteiger partial charge in [0.2, 0.25) is 0 Å². The molecule has 1 heterocycles. The van der Waals surface area contributed by atoms with Gasteiger partial charge >= 0.3 is 23.9 Å². The van der Waals surface area contributed by atoms with Crippen molar-refractivity contribution in [3.8, 4) is 0 Å². The Morgan fingerprint density at radius 1 is 0.427 bits per heavy atom. The Kier molecular flexibility index (Phi) is 48.6. The number of unbranched alkanes of at least 4 members (excludes halogenated alkanes) is 36. The Morgan fingerprint density at radius 3 is 1.17 bits per heavy atom. The van der Waals surface area contributed by atoms with Crippen LogP contribution in [0.2, 0.25) is 0 Å². The molecule has 1 aliphatic rings. The van der Waals surface area contributed by atoms with Gasteiger partial charge in [0.15, 0.2) is 24.6 Å². The molecule has 1 saturated heterocycles. The Bertz CT molecular complexity index is 1400. The van der Waals surface area contributed by atoms with Crippen LogP contribution in [0.15, 0.2) is 24.3 Å². The van der Waals surface area contributed by atoms with Crippen LogP contribution >= 0.6 is 0 Å². The van der Waals surface area contributed by atoms with E-state index in [0.29, 0.717) is 19.3 Å². The SMILES string of the molecule is CCCC/C=C\CCCCCCCC(=O)OC(COC(=O)CCCCCCC/C=C\CCCCCCCC)COC1OC(C(=O)O)C(O)C(O)C1OC(=O)CCCCCCCCCCCCCCCCCCCCC. The van der Waals surface area contributed by atoms with E-state index in [0.717, 1.165) is 96.3 Å². The molecule has 6 unspecified atom stereocenters. The highest BCUT2D eigenvalue weighted by Crippen LogP contribution is 2.27. The molecule has 1 aliphatic heterocycles. The second kappa shape index (κ2) is 51.9. The zero-order valence-electron chi connectivity index (χ0n) is 48.3. The first kappa shape index (κ1) is 70.2. The van der Waals surface area contributed by atoms with Gasteiger partial charge in [-0.05, 0) is 64.2 Å². The van der Waals surface area contributed by atoms with E-state index in [4.69, 9.17) is 23.7 Å². The van der Waals surface area contributed by atoms with E-state index in [1.54, 1.807) is 0 Å². The molecule has 0 bridgehead atoms. The molecule has 0 radical (unpaired) electrons. The Labute approximate surface area is 458 Å². The van der Waals surface area contributed by atoms with Crippen LogP contribution in [0.3, 0.4) is 0 Å².